The van der Waals surface area contributed by atoms with Gasteiger partial charge < -0.3 is 21.5 Å². The van der Waals surface area contributed by atoms with Crippen molar-refractivity contribution in [3.05, 3.63) is 34.6 Å². The molecule has 0 saturated heterocycles. The van der Waals surface area contributed by atoms with Gasteiger partial charge in [0.25, 0.3) is 5.56 Å². The van der Waals surface area contributed by atoms with Crippen LogP contribution in [-0.2, 0) is 0 Å². The first kappa shape index (κ1) is 11.8. The molecule has 0 unspecified atom stereocenters. The molecule has 0 aliphatic carbocycles. The van der Waals surface area contributed by atoms with Crippen LogP contribution in [0.1, 0.15) is 0 Å². The lowest BCUT2D eigenvalue weighted by molar-refractivity contribution is 0.415. The lowest BCUT2D eigenvalue weighted by Gasteiger charge is -2.07. The van der Waals surface area contributed by atoms with Crippen molar-refractivity contribution in [3.8, 4) is 5.75 Å². The van der Waals surface area contributed by atoms with Crippen molar-refractivity contribution >= 4 is 23.1 Å². The SMILES string of the molecule is COc1ccc(Nc2nc(N)c(N)c(=O)[nH]2)cc1. The molecule has 1 aromatic carbocycles. The van der Waals surface area contributed by atoms with Gasteiger partial charge >= 0.3 is 0 Å². The first-order chi connectivity index (χ1) is 8.60. The number of benzene rings is 1. The van der Waals surface area contributed by atoms with E-state index in [-0.39, 0.29) is 17.5 Å². The van der Waals surface area contributed by atoms with Crippen LogP contribution < -0.4 is 27.1 Å². The molecule has 94 valence electrons. The molecule has 0 amide bonds. The van der Waals surface area contributed by atoms with E-state index in [1.165, 1.54) is 0 Å². The highest BCUT2D eigenvalue weighted by atomic mass is 16.5. The predicted molar refractivity (Wildman–Crippen MR) is 70.0 cm³/mol. The molecule has 2 aromatic rings. The van der Waals surface area contributed by atoms with Gasteiger partial charge in [-0.1, -0.05) is 0 Å². The molecule has 6 N–H and O–H groups in total. The second-order valence-corrected chi connectivity index (χ2v) is 3.57. The molecule has 0 atom stereocenters. The van der Waals surface area contributed by atoms with E-state index in [4.69, 9.17) is 16.2 Å². The number of methoxy groups -OCH3 is 1. The van der Waals surface area contributed by atoms with Gasteiger partial charge in [-0.25, -0.2) is 0 Å². The standard InChI is InChI=1S/C11H13N5O2/c1-18-7-4-2-6(3-5-7)14-11-15-9(13)8(12)10(17)16-11/h2-5H,12H2,1H3,(H4,13,14,15,16,17). The highest BCUT2D eigenvalue weighted by Crippen LogP contribution is 2.18. The van der Waals surface area contributed by atoms with E-state index in [9.17, 15) is 4.79 Å². The molecule has 0 aliphatic heterocycles. The molecule has 0 saturated carbocycles. The number of hydrogen-bond donors (Lipinski definition) is 4. The average Bonchev–Trinajstić information content (AvgIpc) is 2.37. The molecule has 0 spiro atoms. The van der Waals surface area contributed by atoms with Gasteiger partial charge in [0.2, 0.25) is 5.95 Å². The summed E-state index contributed by atoms with van der Waals surface area (Å²) in [6.45, 7) is 0. The molecule has 18 heavy (non-hydrogen) atoms. The number of nitrogens with two attached hydrogens (primary N) is 2. The Hall–Kier alpha value is -2.70. The number of aromatic nitrogens is 2. The fourth-order valence-electron chi connectivity index (χ4n) is 1.37. The van der Waals surface area contributed by atoms with Crippen LogP contribution in [-0.4, -0.2) is 17.1 Å². The van der Waals surface area contributed by atoms with Gasteiger partial charge in [-0.3, -0.25) is 9.78 Å². The summed E-state index contributed by atoms with van der Waals surface area (Å²) in [5.41, 5.74) is 11.1. The van der Waals surface area contributed by atoms with Gasteiger partial charge in [0.15, 0.2) is 5.82 Å². The summed E-state index contributed by atoms with van der Waals surface area (Å²) in [6.07, 6.45) is 0. The molecule has 7 heteroatoms. The summed E-state index contributed by atoms with van der Waals surface area (Å²) in [5, 5.41) is 2.91. The van der Waals surface area contributed by atoms with E-state index in [1.54, 1.807) is 31.4 Å². The summed E-state index contributed by atoms with van der Waals surface area (Å²) < 4.78 is 5.04. The normalized spacial score (nSPS) is 10.1. The molecule has 1 heterocycles. The maximum Gasteiger partial charge on any atom is 0.277 e. The second kappa shape index (κ2) is 4.66. The van der Waals surface area contributed by atoms with Gasteiger partial charge in [0.1, 0.15) is 11.4 Å². The van der Waals surface area contributed by atoms with Crippen LogP contribution in [0.3, 0.4) is 0 Å². The summed E-state index contributed by atoms with van der Waals surface area (Å²) in [4.78, 5) is 17.8. The van der Waals surface area contributed by atoms with Gasteiger partial charge in [-0.2, -0.15) is 4.98 Å². The van der Waals surface area contributed by atoms with Crippen LogP contribution in [0.25, 0.3) is 0 Å². The molecule has 0 bridgehead atoms. The molecule has 7 nitrogen and oxygen atoms in total. The van der Waals surface area contributed by atoms with Crippen molar-refractivity contribution in [1.29, 1.82) is 0 Å². The Kier molecular flexibility index (Phi) is 3.05. The maximum absolute atomic E-state index is 11.4. The van der Waals surface area contributed by atoms with Crippen LogP contribution in [0.2, 0.25) is 0 Å². The van der Waals surface area contributed by atoms with Crippen molar-refractivity contribution in [2.45, 2.75) is 0 Å². The largest absolute Gasteiger partial charge is 0.497 e. The molecule has 2 rings (SSSR count). The van der Waals surface area contributed by atoms with Crippen LogP contribution in [0.15, 0.2) is 29.1 Å². The zero-order valence-corrected chi connectivity index (χ0v) is 9.73. The molecule has 0 fully saturated rings. The third kappa shape index (κ3) is 2.34. The lowest BCUT2D eigenvalue weighted by atomic mass is 10.3. The minimum Gasteiger partial charge on any atom is -0.497 e. The number of nitrogens with zero attached hydrogens (tertiary/aromatic N) is 1. The first-order valence-electron chi connectivity index (χ1n) is 5.16. The van der Waals surface area contributed by atoms with Crippen molar-refractivity contribution in [1.82, 2.24) is 9.97 Å². The molecular formula is C11H13N5O2. The maximum atomic E-state index is 11.4. The lowest BCUT2D eigenvalue weighted by Crippen LogP contribution is -2.17. The monoisotopic (exact) mass is 247 g/mol. The molecule has 0 radical (unpaired) electrons. The quantitative estimate of drug-likeness (QED) is 0.633. The fraction of sp³-hybridized carbons (Fsp3) is 0.0909. The number of rotatable bonds is 3. The molecule has 0 aliphatic rings. The van der Waals surface area contributed by atoms with Crippen molar-refractivity contribution < 1.29 is 4.74 Å². The zero-order chi connectivity index (χ0) is 13.1. The van der Waals surface area contributed by atoms with Crippen LogP contribution in [0.4, 0.5) is 23.1 Å². The van der Waals surface area contributed by atoms with E-state index >= 15 is 0 Å². The van der Waals surface area contributed by atoms with E-state index < -0.39 is 5.56 Å². The topological polar surface area (TPSA) is 119 Å². The van der Waals surface area contributed by atoms with Crippen LogP contribution in [0.5, 0.6) is 5.75 Å². The number of H-pyrrole nitrogens is 1. The Labute approximate surface area is 103 Å². The minimum atomic E-state index is -0.474. The van der Waals surface area contributed by atoms with Gasteiger partial charge in [-0.05, 0) is 24.3 Å². The Morgan fingerprint density at radius 2 is 1.94 bits per heavy atom. The van der Waals surface area contributed by atoms with E-state index in [0.29, 0.717) is 0 Å². The number of ether oxygens (including phenoxy) is 1. The summed E-state index contributed by atoms with van der Waals surface area (Å²) in [5.74, 6) is 0.963. The number of anilines is 4. The van der Waals surface area contributed by atoms with Crippen molar-refractivity contribution in [2.24, 2.45) is 0 Å². The molecule has 1 aromatic heterocycles. The number of hydrogen-bond acceptors (Lipinski definition) is 6. The van der Waals surface area contributed by atoms with Gasteiger partial charge in [0.05, 0.1) is 7.11 Å². The highest BCUT2D eigenvalue weighted by molar-refractivity contribution is 5.61. The Bertz CT molecular complexity index is 606. The third-order valence-electron chi connectivity index (χ3n) is 2.34. The third-order valence-corrected chi connectivity index (χ3v) is 2.34. The Morgan fingerprint density at radius 1 is 1.28 bits per heavy atom. The van der Waals surface area contributed by atoms with Crippen molar-refractivity contribution in [2.75, 3.05) is 23.9 Å². The van der Waals surface area contributed by atoms with E-state index in [2.05, 4.69) is 15.3 Å². The Balaban J connectivity index is 2.25. The van der Waals surface area contributed by atoms with Crippen molar-refractivity contribution in [3.63, 3.8) is 0 Å². The number of nitrogen functional groups attached to an aromatic ring is 2. The fourth-order valence-corrected chi connectivity index (χ4v) is 1.37. The van der Waals surface area contributed by atoms with Gasteiger partial charge in [-0.15, -0.1) is 0 Å². The second-order valence-electron chi connectivity index (χ2n) is 3.57. The predicted octanol–water partition coefficient (Wildman–Crippen LogP) is 0.686. The van der Waals surface area contributed by atoms with E-state index in [1.807, 2.05) is 0 Å². The van der Waals surface area contributed by atoms with Crippen LogP contribution in [0, 0.1) is 0 Å². The average molecular weight is 247 g/mol. The highest BCUT2D eigenvalue weighted by Gasteiger charge is 2.05. The first-order valence-corrected chi connectivity index (χ1v) is 5.16. The van der Waals surface area contributed by atoms with Crippen LogP contribution >= 0.6 is 0 Å². The number of aromatic amines is 1. The van der Waals surface area contributed by atoms with Gasteiger partial charge in [0, 0.05) is 5.69 Å². The summed E-state index contributed by atoms with van der Waals surface area (Å²) in [6, 6.07) is 7.12. The smallest absolute Gasteiger partial charge is 0.277 e. The summed E-state index contributed by atoms with van der Waals surface area (Å²) >= 11 is 0. The molecular weight excluding hydrogens is 234 g/mol. The van der Waals surface area contributed by atoms with E-state index in [0.717, 1.165) is 11.4 Å². The summed E-state index contributed by atoms with van der Waals surface area (Å²) in [7, 11) is 1.59. The minimum absolute atomic E-state index is 0.00485. The Morgan fingerprint density at radius 3 is 2.50 bits per heavy atom. The number of nitrogens with one attached hydrogen (secondary N) is 2. The zero-order valence-electron chi connectivity index (χ0n) is 9.73.